The molecule has 3 aromatic rings. The Hall–Kier alpha value is -2.68. The minimum Gasteiger partial charge on any atom is -0.550 e. The van der Waals surface area contributed by atoms with Crippen LogP contribution in [0.1, 0.15) is 65.1 Å². The minimum atomic E-state index is -1.21. The average Bonchev–Trinajstić information content (AvgIpc) is 3.22. The molecule has 10 heteroatoms. The van der Waals surface area contributed by atoms with Crippen molar-refractivity contribution < 1.29 is 49.0 Å². The number of carboxylic acids is 1. The maximum atomic E-state index is 13.9. The number of carbonyl (C=O) groups excluding carboxylic acids is 3. The molecule has 0 unspecified atom stereocenters. The van der Waals surface area contributed by atoms with Gasteiger partial charge in [-0.2, -0.15) is 0 Å². The second-order valence-electron chi connectivity index (χ2n) is 10.6. The molecule has 0 atom stereocenters. The number of rotatable bonds is 9. The summed E-state index contributed by atoms with van der Waals surface area (Å²) in [4.78, 5) is 43.7. The van der Waals surface area contributed by atoms with Gasteiger partial charge >= 0.3 is 29.6 Å². The second-order valence-corrected chi connectivity index (χ2v) is 11.4. The summed E-state index contributed by atoms with van der Waals surface area (Å²) >= 11 is 12.5. The van der Waals surface area contributed by atoms with Crippen LogP contribution in [0.2, 0.25) is 10.0 Å². The number of hydrogen-bond acceptors (Lipinski definition) is 5. The van der Waals surface area contributed by atoms with Crippen molar-refractivity contribution in [2.75, 3.05) is 13.1 Å². The SMILES string of the molecule is O=C([O-])CCNC(=O)c1ccc(CCN2C(=O)C(c3cc(Cl)cc(Cl)c3)=NC23CCC(c2ccccc2)CC3)cc1.[Na+]. The molecule has 1 fully saturated rings. The largest absolute Gasteiger partial charge is 1.00 e. The smallest absolute Gasteiger partial charge is 0.550 e. The van der Waals surface area contributed by atoms with E-state index in [2.05, 4.69) is 29.6 Å². The number of nitrogens with zero attached hydrogens (tertiary/aromatic N) is 2. The molecule has 0 saturated heterocycles. The summed E-state index contributed by atoms with van der Waals surface area (Å²) in [5.41, 5.74) is 3.09. The Morgan fingerprint density at radius 2 is 1.62 bits per heavy atom. The first-order valence-corrected chi connectivity index (χ1v) is 14.5. The van der Waals surface area contributed by atoms with Crippen molar-refractivity contribution in [1.29, 1.82) is 0 Å². The summed E-state index contributed by atoms with van der Waals surface area (Å²) in [6, 6.07) is 22.7. The van der Waals surface area contributed by atoms with Gasteiger partial charge < -0.3 is 20.1 Å². The van der Waals surface area contributed by atoms with E-state index in [0.29, 0.717) is 45.8 Å². The molecular weight excluding hydrogens is 584 g/mol. The molecule has 7 nitrogen and oxygen atoms in total. The molecule has 0 aromatic heterocycles. The van der Waals surface area contributed by atoms with Crippen LogP contribution in [0.3, 0.4) is 0 Å². The summed E-state index contributed by atoms with van der Waals surface area (Å²) < 4.78 is 0. The fourth-order valence-corrected chi connectivity index (χ4v) is 6.31. The summed E-state index contributed by atoms with van der Waals surface area (Å²) in [6.45, 7) is 0.473. The van der Waals surface area contributed by atoms with Crippen molar-refractivity contribution in [3.8, 4) is 0 Å². The van der Waals surface area contributed by atoms with Crippen LogP contribution in [0, 0.1) is 0 Å². The van der Waals surface area contributed by atoms with Crippen LogP contribution in [-0.2, 0) is 16.0 Å². The number of aliphatic imine (C=N–C) groups is 1. The van der Waals surface area contributed by atoms with Gasteiger partial charge in [-0.3, -0.25) is 14.6 Å². The molecular formula is C32H30Cl2N3NaO4. The number of hydrogen-bond donors (Lipinski definition) is 1. The number of halogens is 2. The van der Waals surface area contributed by atoms with Gasteiger partial charge in [0, 0.05) is 46.7 Å². The van der Waals surface area contributed by atoms with Crippen LogP contribution in [0.5, 0.6) is 0 Å². The second kappa shape index (κ2) is 14.2. The van der Waals surface area contributed by atoms with E-state index in [1.807, 2.05) is 23.1 Å². The summed E-state index contributed by atoms with van der Waals surface area (Å²) in [7, 11) is 0. The molecule has 3 aromatic carbocycles. The first-order valence-electron chi connectivity index (χ1n) is 13.7. The monoisotopic (exact) mass is 613 g/mol. The minimum absolute atomic E-state index is 0. The Bertz CT molecular complexity index is 1450. The third kappa shape index (κ3) is 7.44. The molecule has 0 radical (unpaired) electrons. The van der Waals surface area contributed by atoms with E-state index in [0.717, 1.165) is 31.2 Å². The van der Waals surface area contributed by atoms with Crippen LogP contribution >= 0.6 is 23.2 Å². The molecule has 2 aliphatic rings. The normalized spacial score (nSPS) is 19.8. The molecule has 2 amide bonds. The Labute approximate surface area is 277 Å². The fourth-order valence-electron chi connectivity index (χ4n) is 5.79. The Kier molecular flexibility index (Phi) is 10.9. The van der Waals surface area contributed by atoms with E-state index in [4.69, 9.17) is 28.2 Å². The van der Waals surface area contributed by atoms with Gasteiger partial charge in [-0.25, -0.2) is 0 Å². The number of carbonyl (C=O) groups is 3. The quantitative estimate of drug-likeness (QED) is 0.372. The van der Waals surface area contributed by atoms with Crippen LogP contribution in [-0.4, -0.2) is 47.1 Å². The molecule has 1 aliphatic heterocycles. The van der Waals surface area contributed by atoms with Crippen molar-refractivity contribution in [2.24, 2.45) is 4.99 Å². The zero-order valence-corrected chi connectivity index (χ0v) is 27.0. The number of amides is 2. The van der Waals surface area contributed by atoms with Gasteiger partial charge in [0.05, 0.1) is 0 Å². The van der Waals surface area contributed by atoms with Crippen LogP contribution in [0.15, 0.2) is 77.8 Å². The van der Waals surface area contributed by atoms with E-state index >= 15 is 0 Å². The number of benzene rings is 3. The number of aliphatic carboxylic acids is 1. The van der Waals surface area contributed by atoms with Gasteiger partial charge in [-0.15, -0.1) is 0 Å². The van der Waals surface area contributed by atoms with E-state index in [1.165, 1.54) is 5.56 Å². The van der Waals surface area contributed by atoms with Crippen molar-refractivity contribution in [2.45, 2.75) is 50.1 Å². The predicted molar refractivity (Wildman–Crippen MR) is 157 cm³/mol. The zero-order valence-electron chi connectivity index (χ0n) is 23.4. The molecule has 1 N–H and O–H groups in total. The zero-order chi connectivity index (χ0) is 29.0. The molecule has 212 valence electrons. The summed E-state index contributed by atoms with van der Waals surface area (Å²) in [5, 5.41) is 14.0. The topological polar surface area (TPSA) is 102 Å². The van der Waals surface area contributed by atoms with Crippen molar-refractivity contribution in [1.82, 2.24) is 10.2 Å². The molecule has 0 bridgehead atoms. The third-order valence-corrected chi connectivity index (χ3v) is 8.35. The van der Waals surface area contributed by atoms with Gasteiger partial charge in [0.15, 0.2) is 0 Å². The molecule has 5 rings (SSSR count). The van der Waals surface area contributed by atoms with Gasteiger partial charge in [0.2, 0.25) is 0 Å². The molecule has 1 aliphatic carbocycles. The Morgan fingerprint density at radius 3 is 2.24 bits per heavy atom. The van der Waals surface area contributed by atoms with Gasteiger partial charge in [0.1, 0.15) is 11.4 Å². The first kappa shape index (κ1) is 32.2. The van der Waals surface area contributed by atoms with Crippen molar-refractivity contribution in [3.05, 3.63) is 105 Å². The standard InChI is InChI=1S/C32H31Cl2N3O4.Na/c33-26-18-25(19-27(34)20-26)29-31(41)37(32(36-29)14-10-23(11-15-32)22-4-2-1-3-5-22)17-13-21-6-8-24(9-7-21)30(40)35-16-12-28(38)39;/h1-9,18-20,23H,10-17H2,(H,35,40)(H,38,39);/q;+1/p-1. The van der Waals surface area contributed by atoms with Gasteiger partial charge in [-0.05, 0) is 79.5 Å². The van der Waals surface area contributed by atoms with E-state index < -0.39 is 11.6 Å². The van der Waals surface area contributed by atoms with Gasteiger partial charge in [-0.1, -0.05) is 65.7 Å². The molecule has 1 saturated carbocycles. The molecule has 42 heavy (non-hydrogen) atoms. The van der Waals surface area contributed by atoms with E-state index in [1.54, 1.807) is 30.3 Å². The average molecular weight is 615 g/mol. The molecule has 1 heterocycles. The molecule has 1 spiro atoms. The maximum absolute atomic E-state index is 13.9. The van der Waals surface area contributed by atoms with Gasteiger partial charge in [0.25, 0.3) is 11.8 Å². The van der Waals surface area contributed by atoms with Crippen LogP contribution < -0.4 is 40.0 Å². The first-order chi connectivity index (χ1) is 19.7. The Morgan fingerprint density at radius 1 is 0.976 bits per heavy atom. The van der Waals surface area contributed by atoms with Crippen LogP contribution in [0.25, 0.3) is 0 Å². The van der Waals surface area contributed by atoms with Crippen molar-refractivity contribution >= 4 is 46.7 Å². The third-order valence-electron chi connectivity index (χ3n) is 7.92. The van der Waals surface area contributed by atoms with Crippen LogP contribution in [0.4, 0.5) is 0 Å². The maximum Gasteiger partial charge on any atom is 1.00 e. The van der Waals surface area contributed by atoms with E-state index in [-0.39, 0.29) is 54.3 Å². The summed E-state index contributed by atoms with van der Waals surface area (Å²) in [5.74, 6) is -1.27. The number of carboxylic acid groups (broad SMARTS) is 1. The Balaban J connectivity index is 0.00000405. The number of nitrogens with one attached hydrogen (secondary N) is 1. The summed E-state index contributed by atoms with van der Waals surface area (Å²) in [6.07, 6.45) is 3.68. The van der Waals surface area contributed by atoms with E-state index in [9.17, 15) is 19.5 Å². The predicted octanol–water partition coefficient (Wildman–Crippen LogP) is 1.80. The fraction of sp³-hybridized carbons (Fsp3) is 0.312. The van der Waals surface area contributed by atoms with Crippen molar-refractivity contribution in [3.63, 3.8) is 0 Å².